The summed E-state index contributed by atoms with van der Waals surface area (Å²) in [6.07, 6.45) is 6.14. The predicted octanol–water partition coefficient (Wildman–Crippen LogP) is 1.11. The van der Waals surface area contributed by atoms with Gasteiger partial charge in [-0.1, -0.05) is 0 Å². The van der Waals surface area contributed by atoms with Gasteiger partial charge in [0, 0.05) is 25.1 Å². The number of hydrogen-bond acceptors (Lipinski definition) is 5. The van der Waals surface area contributed by atoms with Gasteiger partial charge >= 0.3 is 0 Å². The molecular formula is C11H13N5. The topological polar surface area (TPSA) is 76.7 Å². The van der Waals surface area contributed by atoms with Crippen molar-refractivity contribution >= 4 is 11.8 Å². The molecule has 0 aliphatic heterocycles. The first-order chi connectivity index (χ1) is 7.84. The van der Waals surface area contributed by atoms with Gasteiger partial charge in [0.25, 0.3) is 0 Å². The van der Waals surface area contributed by atoms with E-state index in [1.165, 1.54) is 5.56 Å². The van der Waals surface area contributed by atoms with E-state index in [1.54, 1.807) is 24.7 Å². The second-order valence-electron chi connectivity index (χ2n) is 3.33. The fraction of sp³-hybridized carbons (Fsp3) is 0.182. The molecule has 0 aliphatic rings. The number of anilines is 2. The number of nitrogens with two attached hydrogens (primary N) is 1. The maximum absolute atomic E-state index is 5.47. The van der Waals surface area contributed by atoms with Crippen molar-refractivity contribution < 1.29 is 0 Å². The molecule has 0 fully saturated rings. The van der Waals surface area contributed by atoms with Crippen molar-refractivity contribution in [3.05, 3.63) is 42.4 Å². The number of aromatic nitrogens is 3. The second kappa shape index (κ2) is 5.06. The molecule has 0 aromatic carbocycles. The summed E-state index contributed by atoms with van der Waals surface area (Å²) >= 11 is 0. The normalized spacial score (nSPS) is 10.0. The highest BCUT2D eigenvalue weighted by Gasteiger charge is 1.95. The number of pyridine rings is 1. The number of nitrogen functional groups attached to an aromatic ring is 1. The van der Waals surface area contributed by atoms with Crippen molar-refractivity contribution in [2.24, 2.45) is 0 Å². The minimum atomic E-state index is 0.286. The smallest absolute Gasteiger partial charge is 0.221 e. The quantitative estimate of drug-likeness (QED) is 0.798. The van der Waals surface area contributed by atoms with Crippen LogP contribution in [0.3, 0.4) is 0 Å². The first-order valence-electron chi connectivity index (χ1n) is 5.06. The van der Waals surface area contributed by atoms with Gasteiger partial charge in [-0.2, -0.15) is 4.98 Å². The fourth-order valence-corrected chi connectivity index (χ4v) is 1.36. The summed E-state index contributed by atoms with van der Waals surface area (Å²) in [6, 6.07) is 5.79. The van der Waals surface area contributed by atoms with Gasteiger partial charge in [-0.25, -0.2) is 4.98 Å². The molecule has 0 saturated heterocycles. The molecule has 16 heavy (non-hydrogen) atoms. The minimum Gasteiger partial charge on any atom is -0.370 e. The summed E-state index contributed by atoms with van der Waals surface area (Å²) in [5.41, 5.74) is 6.71. The molecule has 0 atom stereocenters. The Morgan fingerprint density at radius 2 is 1.94 bits per heavy atom. The van der Waals surface area contributed by atoms with E-state index >= 15 is 0 Å². The lowest BCUT2D eigenvalue weighted by molar-refractivity contribution is 0.996. The average Bonchev–Trinajstić information content (AvgIpc) is 2.30. The molecule has 0 unspecified atom stereocenters. The Labute approximate surface area is 93.8 Å². The van der Waals surface area contributed by atoms with Gasteiger partial charge in [-0.15, -0.1) is 0 Å². The van der Waals surface area contributed by atoms with Crippen LogP contribution in [0.5, 0.6) is 0 Å². The summed E-state index contributed by atoms with van der Waals surface area (Å²) in [5, 5.41) is 3.18. The van der Waals surface area contributed by atoms with Crippen LogP contribution in [-0.2, 0) is 6.42 Å². The van der Waals surface area contributed by atoms with Crippen molar-refractivity contribution in [2.45, 2.75) is 6.42 Å². The van der Waals surface area contributed by atoms with E-state index in [2.05, 4.69) is 20.3 Å². The third-order valence-electron chi connectivity index (χ3n) is 2.14. The minimum absolute atomic E-state index is 0.286. The Bertz CT molecular complexity index is 443. The molecule has 0 aliphatic carbocycles. The van der Waals surface area contributed by atoms with Crippen molar-refractivity contribution in [3.63, 3.8) is 0 Å². The van der Waals surface area contributed by atoms with Crippen LogP contribution in [0.1, 0.15) is 5.56 Å². The summed E-state index contributed by atoms with van der Waals surface area (Å²) in [6.45, 7) is 0.806. The lowest BCUT2D eigenvalue weighted by Gasteiger charge is -2.05. The molecule has 0 amide bonds. The zero-order valence-electron chi connectivity index (χ0n) is 8.80. The van der Waals surface area contributed by atoms with Gasteiger partial charge in [0.05, 0.1) is 0 Å². The Kier molecular flexibility index (Phi) is 3.28. The summed E-state index contributed by atoms with van der Waals surface area (Å²) in [7, 11) is 0. The van der Waals surface area contributed by atoms with Crippen LogP contribution in [0.4, 0.5) is 11.8 Å². The van der Waals surface area contributed by atoms with Crippen LogP contribution in [0.2, 0.25) is 0 Å². The largest absolute Gasteiger partial charge is 0.370 e. The molecule has 2 aromatic rings. The van der Waals surface area contributed by atoms with E-state index in [9.17, 15) is 0 Å². The average molecular weight is 215 g/mol. The van der Waals surface area contributed by atoms with Gasteiger partial charge in [0.2, 0.25) is 5.95 Å². The molecule has 2 rings (SSSR count). The molecule has 5 heteroatoms. The Morgan fingerprint density at radius 1 is 1.12 bits per heavy atom. The van der Waals surface area contributed by atoms with Crippen LogP contribution in [0, 0.1) is 0 Å². The van der Waals surface area contributed by atoms with Crippen molar-refractivity contribution in [2.75, 3.05) is 17.6 Å². The van der Waals surface area contributed by atoms with Gasteiger partial charge in [0.15, 0.2) is 0 Å². The maximum atomic E-state index is 5.47. The lowest BCUT2D eigenvalue weighted by Crippen LogP contribution is -2.07. The zero-order chi connectivity index (χ0) is 11.2. The van der Waals surface area contributed by atoms with E-state index < -0.39 is 0 Å². The van der Waals surface area contributed by atoms with E-state index in [1.807, 2.05) is 12.1 Å². The zero-order valence-corrected chi connectivity index (χ0v) is 8.80. The van der Waals surface area contributed by atoms with Crippen LogP contribution in [-0.4, -0.2) is 21.5 Å². The molecule has 0 spiro atoms. The van der Waals surface area contributed by atoms with Crippen LogP contribution in [0.15, 0.2) is 36.8 Å². The summed E-state index contributed by atoms with van der Waals surface area (Å²) in [4.78, 5) is 11.8. The Balaban J connectivity index is 1.85. The molecule has 5 nitrogen and oxygen atoms in total. The highest BCUT2D eigenvalue weighted by atomic mass is 15.1. The van der Waals surface area contributed by atoms with E-state index in [0.717, 1.165) is 18.8 Å². The SMILES string of the molecule is Nc1nccc(NCCc2ccncc2)n1. The molecule has 3 N–H and O–H groups in total. The number of rotatable bonds is 4. The molecule has 82 valence electrons. The number of hydrogen-bond donors (Lipinski definition) is 2. The van der Waals surface area contributed by atoms with Crippen molar-refractivity contribution in [1.29, 1.82) is 0 Å². The Morgan fingerprint density at radius 3 is 2.69 bits per heavy atom. The first-order valence-corrected chi connectivity index (χ1v) is 5.06. The monoisotopic (exact) mass is 215 g/mol. The van der Waals surface area contributed by atoms with Gasteiger partial charge in [-0.3, -0.25) is 4.98 Å². The van der Waals surface area contributed by atoms with Gasteiger partial charge in [-0.05, 0) is 30.2 Å². The standard InChI is InChI=1S/C11H13N5/c12-11-15-8-4-10(16-11)14-7-3-9-1-5-13-6-2-9/h1-2,4-6,8H,3,7H2,(H3,12,14,15,16). The van der Waals surface area contributed by atoms with Crippen molar-refractivity contribution in [3.8, 4) is 0 Å². The highest BCUT2D eigenvalue weighted by Crippen LogP contribution is 2.03. The lowest BCUT2D eigenvalue weighted by atomic mass is 10.2. The molecule has 2 aromatic heterocycles. The summed E-state index contributed by atoms with van der Waals surface area (Å²) in [5.74, 6) is 1.04. The third-order valence-corrected chi connectivity index (χ3v) is 2.14. The Hall–Kier alpha value is -2.17. The van der Waals surface area contributed by atoms with Crippen LogP contribution in [0.25, 0.3) is 0 Å². The molecule has 0 saturated carbocycles. The molecule has 2 heterocycles. The van der Waals surface area contributed by atoms with Gasteiger partial charge in [0.1, 0.15) is 5.82 Å². The third kappa shape index (κ3) is 2.91. The van der Waals surface area contributed by atoms with Crippen LogP contribution < -0.4 is 11.1 Å². The predicted molar refractivity (Wildman–Crippen MR) is 62.9 cm³/mol. The number of nitrogens with zero attached hydrogens (tertiary/aromatic N) is 3. The maximum Gasteiger partial charge on any atom is 0.221 e. The second-order valence-corrected chi connectivity index (χ2v) is 3.33. The molecule has 0 radical (unpaired) electrons. The number of nitrogens with one attached hydrogen (secondary N) is 1. The molecular weight excluding hydrogens is 202 g/mol. The summed E-state index contributed by atoms with van der Waals surface area (Å²) < 4.78 is 0. The first kappa shape index (κ1) is 10.4. The molecule has 0 bridgehead atoms. The van der Waals surface area contributed by atoms with E-state index in [-0.39, 0.29) is 5.95 Å². The highest BCUT2D eigenvalue weighted by molar-refractivity contribution is 5.37. The van der Waals surface area contributed by atoms with Crippen molar-refractivity contribution in [1.82, 2.24) is 15.0 Å². The van der Waals surface area contributed by atoms with E-state index in [4.69, 9.17) is 5.73 Å². The fourth-order valence-electron chi connectivity index (χ4n) is 1.36. The van der Waals surface area contributed by atoms with E-state index in [0.29, 0.717) is 0 Å². The van der Waals surface area contributed by atoms with Gasteiger partial charge < -0.3 is 11.1 Å². The van der Waals surface area contributed by atoms with Crippen LogP contribution >= 0.6 is 0 Å².